The molecule has 1 aromatic carbocycles. The fourth-order valence-electron chi connectivity index (χ4n) is 2.65. The summed E-state index contributed by atoms with van der Waals surface area (Å²) in [6.07, 6.45) is 2.71. The van der Waals surface area contributed by atoms with E-state index in [1.54, 1.807) is 0 Å². The molecule has 104 valence electrons. The van der Waals surface area contributed by atoms with Crippen LogP contribution in [0.3, 0.4) is 0 Å². The van der Waals surface area contributed by atoms with Gasteiger partial charge in [0.05, 0.1) is 0 Å². The highest BCUT2D eigenvalue weighted by Gasteiger charge is 2.21. The monoisotopic (exact) mass is 344 g/mol. The molecule has 0 radical (unpaired) electrons. The lowest BCUT2D eigenvalue weighted by molar-refractivity contribution is -0.119. The highest BCUT2D eigenvalue weighted by molar-refractivity contribution is 9.10. The number of carbonyl (C=O) groups is 1. The standard InChI is InChI=1S/C14H18BrClN2O/c15-13-4-3-12(16)7-11(13)9-18-5-1-2-10(8-18)6-14(17)19/h3-4,7,10H,1-2,5-6,8-9H2,(H2,17,19)/t10-/m0/s1. The lowest BCUT2D eigenvalue weighted by Crippen LogP contribution is -2.36. The Morgan fingerprint density at radius 3 is 3.05 bits per heavy atom. The van der Waals surface area contributed by atoms with Crippen LogP contribution < -0.4 is 5.73 Å². The van der Waals surface area contributed by atoms with E-state index in [0.29, 0.717) is 12.3 Å². The third-order valence-electron chi connectivity index (χ3n) is 3.49. The van der Waals surface area contributed by atoms with Gasteiger partial charge in [0.2, 0.25) is 5.91 Å². The molecule has 5 heteroatoms. The van der Waals surface area contributed by atoms with Crippen molar-refractivity contribution in [2.75, 3.05) is 13.1 Å². The molecule has 0 spiro atoms. The van der Waals surface area contributed by atoms with Crippen LogP contribution in [0.2, 0.25) is 5.02 Å². The summed E-state index contributed by atoms with van der Waals surface area (Å²) in [5, 5.41) is 0.754. The zero-order valence-electron chi connectivity index (χ0n) is 10.7. The number of hydrogen-bond donors (Lipinski definition) is 1. The van der Waals surface area contributed by atoms with Gasteiger partial charge in [-0.3, -0.25) is 9.69 Å². The van der Waals surface area contributed by atoms with E-state index in [4.69, 9.17) is 17.3 Å². The SMILES string of the molecule is NC(=O)C[C@@H]1CCCN(Cc2cc(Cl)ccc2Br)C1. The summed E-state index contributed by atoms with van der Waals surface area (Å²) in [7, 11) is 0. The Morgan fingerprint density at radius 2 is 2.32 bits per heavy atom. The van der Waals surface area contributed by atoms with Crippen LogP contribution in [0.25, 0.3) is 0 Å². The van der Waals surface area contributed by atoms with Crippen molar-refractivity contribution in [2.24, 2.45) is 11.7 Å². The number of nitrogens with zero attached hydrogens (tertiary/aromatic N) is 1. The first-order valence-corrected chi connectivity index (χ1v) is 7.66. The molecule has 0 aliphatic carbocycles. The Kier molecular flexibility index (Phi) is 5.25. The molecular weight excluding hydrogens is 328 g/mol. The quantitative estimate of drug-likeness (QED) is 0.911. The second kappa shape index (κ2) is 6.73. The number of carbonyl (C=O) groups excluding carboxylic acids is 1. The van der Waals surface area contributed by atoms with Crippen molar-refractivity contribution in [3.8, 4) is 0 Å². The predicted molar refractivity (Wildman–Crippen MR) is 81.0 cm³/mol. The van der Waals surface area contributed by atoms with E-state index in [0.717, 1.165) is 42.0 Å². The summed E-state index contributed by atoms with van der Waals surface area (Å²) >= 11 is 9.58. The molecule has 1 heterocycles. The van der Waals surface area contributed by atoms with Crippen molar-refractivity contribution < 1.29 is 4.79 Å². The van der Waals surface area contributed by atoms with Gasteiger partial charge in [0.15, 0.2) is 0 Å². The maximum Gasteiger partial charge on any atom is 0.217 e. The van der Waals surface area contributed by atoms with Gasteiger partial charge in [-0.15, -0.1) is 0 Å². The van der Waals surface area contributed by atoms with Crippen LogP contribution in [0.4, 0.5) is 0 Å². The van der Waals surface area contributed by atoms with E-state index < -0.39 is 0 Å². The largest absolute Gasteiger partial charge is 0.370 e. The molecule has 1 atom stereocenters. The van der Waals surface area contributed by atoms with Crippen LogP contribution >= 0.6 is 27.5 Å². The highest BCUT2D eigenvalue weighted by Crippen LogP contribution is 2.26. The summed E-state index contributed by atoms with van der Waals surface area (Å²) in [5.74, 6) is 0.194. The van der Waals surface area contributed by atoms with E-state index >= 15 is 0 Å². The Hall–Kier alpha value is -0.580. The van der Waals surface area contributed by atoms with Gasteiger partial charge in [-0.1, -0.05) is 27.5 Å². The molecule has 1 aromatic rings. The van der Waals surface area contributed by atoms with E-state index in [9.17, 15) is 4.79 Å². The molecule has 1 aliphatic rings. The first-order chi connectivity index (χ1) is 9.04. The van der Waals surface area contributed by atoms with Crippen molar-refractivity contribution >= 4 is 33.4 Å². The molecule has 1 amide bonds. The Bertz CT molecular complexity index is 467. The number of halogens is 2. The molecule has 2 rings (SSSR count). The van der Waals surface area contributed by atoms with Crippen LogP contribution in [-0.2, 0) is 11.3 Å². The first-order valence-electron chi connectivity index (χ1n) is 6.49. The summed E-state index contributed by atoms with van der Waals surface area (Å²) in [6, 6.07) is 5.84. The maximum absolute atomic E-state index is 11.0. The fraction of sp³-hybridized carbons (Fsp3) is 0.500. The second-order valence-electron chi connectivity index (χ2n) is 5.15. The normalized spacial score (nSPS) is 20.4. The number of amides is 1. The van der Waals surface area contributed by atoms with Crippen molar-refractivity contribution in [3.63, 3.8) is 0 Å². The summed E-state index contributed by atoms with van der Waals surface area (Å²) in [4.78, 5) is 13.4. The van der Waals surface area contributed by atoms with Gasteiger partial charge in [-0.25, -0.2) is 0 Å². The molecule has 19 heavy (non-hydrogen) atoms. The number of benzene rings is 1. The number of primary amides is 1. The Morgan fingerprint density at radius 1 is 1.53 bits per heavy atom. The van der Waals surface area contributed by atoms with E-state index in [1.807, 2.05) is 18.2 Å². The molecule has 1 fully saturated rings. The second-order valence-corrected chi connectivity index (χ2v) is 6.44. The fourth-order valence-corrected chi connectivity index (χ4v) is 3.22. The van der Waals surface area contributed by atoms with Gasteiger partial charge in [0, 0.05) is 29.0 Å². The summed E-state index contributed by atoms with van der Waals surface area (Å²) < 4.78 is 1.08. The average molecular weight is 346 g/mol. The van der Waals surface area contributed by atoms with Gasteiger partial charge < -0.3 is 5.73 Å². The lowest BCUT2D eigenvalue weighted by Gasteiger charge is -2.32. The average Bonchev–Trinajstić information content (AvgIpc) is 2.33. The molecule has 0 saturated carbocycles. The summed E-state index contributed by atoms with van der Waals surface area (Å²) in [6.45, 7) is 2.85. The molecule has 0 bridgehead atoms. The highest BCUT2D eigenvalue weighted by atomic mass is 79.9. The van der Waals surface area contributed by atoms with Crippen LogP contribution in [0.5, 0.6) is 0 Å². The number of hydrogen-bond acceptors (Lipinski definition) is 2. The van der Waals surface area contributed by atoms with Gasteiger partial charge >= 0.3 is 0 Å². The first kappa shape index (κ1) is 14.8. The van der Waals surface area contributed by atoms with Crippen molar-refractivity contribution in [2.45, 2.75) is 25.8 Å². The molecule has 0 aromatic heterocycles. The molecule has 3 nitrogen and oxygen atoms in total. The predicted octanol–water partition coefficient (Wildman–Crippen LogP) is 3.19. The minimum atomic E-state index is -0.198. The maximum atomic E-state index is 11.0. The third-order valence-corrected chi connectivity index (χ3v) is 4.50. The van der Waals surface area contributed by atoms with E-state index in [1.165, 1.54) is 5.56 Å². The van der Waals surface area contributed by atoms with Gasteiger partial charge in [-0.2, -0.15) is 0 Å². The molecular formula is C14H18BrClN2O. The minimum Gasteiger partial charge on any atom is -0.370 e. The van der Waals surface area contributed by atoms with Gasteiger partial charge in [-0.05, 0) is 49.1 Å². The topological polar surface area (TPSA) is 46.3 Å². The number of rotatable bonds is 4. The zero-order valence-corrected chi connectivity index (χ0v) is 13.1. The van der Waals surface area contributed by atoms with Gasteiger partial charge in [0.1, 0.15) is 0 Å². The molecule has 2 N–H and O–H groups in total. The van der Waals surface area contributed by atoms with Gasteiger partial charge in [0.25, 0.3) is 0 Å². The lowest BCUT2D eigenvalue weighted by atomic mass is 9.94. The zero-order chi connectivity index (χ0) is 13.8. The Balaban J connectivity index is 1.98. The Labute approximate surface area is 127 Å². The molecule has 0 unspecified atom stereocenters. The minimum absolute atomic E-state index is 0.198. The smallest absolute Gasteiger partial charge is 0.217 e. The van der Waals surface area contributed by atoms with E-state index in [2.05, 4.69) is 20.8 Å². The van der Waals surface area contributed by atoms with Crippen LogP contribution in [0.15, 0.2) is 22.7 Å². The van der Waals surface area contributed by atoms with Crippen LogP contribution in [-0.4, -0.2) is 23.9 Å². The molecule has 1 aliphatic heterocycles. The number of nitrogens with two attached hydrogens (primary N) is 1. The van der Waals surface area contributed by atoms with Crippen LogP contribution in [0, 0.1) is 5.92 Å². The molecule has 1 saturated heterocycles. The van der Waals surface area contributed by atoms with Crippen LogP contribution in [0.1, 0.15) is 24.8 Å². The van der Waals surface area contributed by atoms with Crippen molar-refractivity contribution in [3.05, 3.63) is 33.3 Å². The van der Waals surface area contributed by atoms with Crippen molar-refractivity contribution in [1.82, 2.24) is 4.90 Å². The number of piperidine rings is 1. The van der Waals surface area contributed by atoms with Crippen molar-refractivity contribution in [1.29, 1.82) is 0 Å². The number of likely N-dealkylation sites (tertiary alicyclic amines) is 1. The summed E-state index contributed by atoms with van der Waals surface area (Å²) in [5.41, 5.74) is 6.47. The third kappa shape index (κ3) is 4.48. The van der Waals surface area contributed by atoms with E-state index in [-0.39, 0.29) is 5.91 Å².